The van der Waals surface area contributed by atoms with E-state index in [1.54, 1.807) is 0 Å². The Morgan fingerprint density at radius 1 is 1.35 bits per heavy atom. The predicted octanol–water partition coefficient (Wildman–Crippen LogP) is -0.0851. The number of carbonyl (C=O) groups is 2. The number of benzene rings is 1. The van der Waals surface area contributed by atoms with Gasteiger partial charge in [0.05, 0.1) is 5.41 Å². The molecule has 1 aromatic carbocycles. The van der Waals surface area contributed by atoms with Crippen LogP contribution in [0, 0.1) is 5.41 Å². The number of likely N-dealkylation sites (tertiary alicyclic amines) is 1. The molecule has 2 unspecified atom stereocenters. The van der Waals surface area contributed by atoms with Crippen LogP contribution in [-0.4, -0.2) is 29.8 Å². The average Bonchev–Trinajstić information content (AvgIpc) is 2.84. The smallest absolute Gasteiger partial charge is 0.255 e. The molecule has 0 radical (unpaired) electrons. The van der Waals surface area contributed by atoms with Crippen molar-refractivity contribution >= 4 is 11.8 Å². The monoisotopic (exact) mass is 276 g/mol. The highest BCUT2D eigenvalue weighted by Gasteiger charge is 2.43. The summed E-state index contributed by atoms with van der Waals surface area (Å²) in [7, 11) is 0. The molecule has 1 aliphatic heterocycles. The summed E-state index contributed by atoms with van der Waals surface area (Å²) in [6.45, 7) is 2.92. The Morgan fingerprint density at radius 2 is 2.00 bits per heavy atom. The molecular formula is C14H20N4O2. The van der Waals surface area contributed by atoms with Crippen LogP contribution in [0.5, 0.6) is 0 Å². The molecule has 0 aliphatic carbocycles. The average molecular weight is 276 g/mol. The van der Waals surface area contributed by atoms with Crippen LogP contribution < -0.4 is 17.0 Å². The number of carbonyl (C=O) groups excluding carboxylic acids is 2. The van der Waals surface area contributed by atoms with Crippen molar-refractivity contribution in [2.24, 2.45) is 17.0 Å². The first-order valence-electron chi connectivity index (χ1n) is 6.57. The summed E-state index contributed by atoms with van der Waals surface area (Å²) in [5.74, 6) is 4.67. The van der Waals surface area contributed by atoms with Crippen molar-refractivity contribution in [1.82, 2.24) is 10.3 Å². The number of hydrazine groups is 1. The van der Waals surface area contributed by atoms with Gasteiger partial charge in [-0.1, -0.05) is 30.3 Å². The van der Waals surface area contributed by atoms with Crippen molar-refractivity contribution in [2.45, 2.75) is 19.4 Å². The highest BCUT2D eigenvalue weighted by molar-refractivity contribution is 5.84. The maximum atomic E-state index is 12.1. The lowest BCUT2D eigenvalue weighted by Gasteiger charge is -2.28. The molecule has 2 rings (SSSR count). The first-order valence-corrected chi connectivity index (χ1v) is 6.57. The second-order valence-corrected chi connectivity index (χ2v) is 5.47. The molecule has 0 saturated carbocycles. The van der Waals surface area contributed by atoms with E-state index < -0.39 is 11.5 Å². The third-order valence-electron chi connectivity index (χ3n) is 3.97. The van der Waals surface area contributed by atoms with Crippen molar-refractivity contribution in [2.75, 3.05) is 13.1 Å². The van der Waals surface area contributed by atoms with E-state index in [1.807, 2.05) is 42.2 Å². The first-order chi connectivity index (χ1) is 9.48. The van der Waals surface area contributed by atoms with Crippen molar-refractivity contribution in [3.05, 3.63) is 35.9 Å². The summed E-state index contributed by atoms with van der Waals surface area (Å²) in [5, 5.41) is 0. The van der Waals surface area contributed by atoms with Gasteiger partial charge in [0, 0.05) is 13.1 Å². The summed E-state index contributed by atoms with van der Waals surface area (Å²) >= 11 is 0. The summed E-state index contributed by atoms with van der Waals surface area (Å²) in [4.78, 5) is 25.6. The summed E-state index contributed by atoms with van der Waals surface area (Å²) in [5.41, 5.74) is 7.91. The van der Waals surface area contributed by atoms with Crippen LogP contribution in [0.2, 0.25) is 0 Å². The minimum absolute atomic E-state index is 0.287. The standard InChI is InChI=1S/C14H20N4O2/c1-14(13(15)20)7-8-18(9-14)11(12(19)17-16)10-5-3-2-4-6-10/h2-6,11H,7-9,16H2,1H3,(H2,15,20)(H,17,19). The normalized spacial score (nSPS) is 24.3. The van der Waals surface area contributed by atoms with Gasteiger partial charge in [0.1, 0.15) is 6.04 Å². The molecule has 1 aromatic rings. The van der Waals surface area contributed by atoms with Crippen molar-refractivity contribution < 1.29 is 9.59 Å². The van der Waals surface area contributed by atoms with Gasteiger partial charge in [0.15, 0.2) is 0 Å². The highest BCUT2D eigenvalue weighted by atomic mass is 16.2. The van der Waals surface area contributed by atoms with Gasteiger partial charge in [-0.25, -0.2) is 5.84 Å². The van der Waals surface area contributed by atoms with Gasteiger partial charge in [-0.3, -0.25) is 19.9 Å². The maximum Gasteiger partial charge on any atom is 0.255 e. The third kappa shape index (κ3) is 2.66. The molecule has 0 spiro atoms. The highest BCUT2D eigenvalue weighted by Crippen LogP contribution is 2.35. The number of primary amides is 1. The molecular weight excluding hydrogens is 256 g/mol. The second kappa shape index (κ2) is 5.60. The molecule has 20 heavy (non-hydrogen) atoms. The SMILES string of the molecule is CC1(C(N)=O)CCN(C(C(=O)NN)c2ccccc2)C1. The zero-order valence-corrected chi connectivity index (χ0v) is 11.5. The second-order valence-electron chi connectivity index (χ2n) is 5.47. The zero-order chi connectivity index (χ0) is 14.8. The van der Waals surface area contributed by atoms with Crippen molar-refractivity contribution in [1.29, 1.82) is 0 Å². The van der Waals surface area contributed by atoms with Gasteiger partial charge in [0.2, 0.25) is 5.91 Å². The van der Waals surface area contributed by atoms with E-state index in [1.165, 1.54) is 0 Å². The maximum absolute atomic E-state index is 12.1. The summed E-state index contributed by atoms with van der Waals surface area (Å²) < 4.78 is 0. The molecule has 2 amide bonds. The number of nitrogens with one attached hydrogen (secondary N) is 1. The van der Waals surface area contributed by atoms with Crippen LogP contribution in [-0.2, 0) is 9.59 Å². The quantitative estimate of drug-likeness (QED) is 0.406. The Labute approximate surface area is 118 Å². The van der Waals surface area contributed by atoms with Gasteiger partial charge in [-0.05, 0) is 18.9 Å². The number of amides is 2. The van der Waals surface area contributed by atoms with Crippen LogP contribution in [0.4, 0.5) is 0 Å². The zero-order valence-electron chi connectivity index (χ0n) is 11.5. The lowest BCUT2D eigenvalue weighted by atomic mass is 9.89. The molecule has 0 aromatic heterocycles. The van der Waals surface area contributed by atoms with Crippen LogP contribution in [0.25, 0.3) is 0 Å². The van der Waals surface area contributed by atoms with Gasteiger partial charge in [-0.2, -0.15) is 0 Å². The van der Waals surface area contributed by atoms with E-state index in [-0.39, 0.29) is 11.8 Å². The minimum atomic E-state index is -0.595. The molecule has 108 valence electrons. The van der Waals surface area contributed by atoms with Crippen molar-refractivity contribution in [3.63, 3.8) is 0 Å². The molecule has 5 N–H and O–H groups in total. The van der Waals surface area contributed by atoms with Crippen LogP contribution in [0.3, 0.4) is 0 Å². The Bertz CT molecular complexity index is 505. The van der Waals surface area contributed by atoms with Crippen LogP contribution in [0.15, 0.2) is 30.3 Å². The third-order valence-corrected chi connectivity index (χ3v) is 3.97. The van der Waals surface area contributed by atoms with E-state index in [0.717, 1.165) is 5.56 Å². The fourth-order valence-corrected chi connectivity index (χ4v) is 2.66. The lowest BCUT2D eigenvalue weighted by molar-refractivity contribution is -0.129. The summed E-state index contributed by atoms with van der Waals surface area (Å²) in [6, 6.07) is 8.88. The number of nitrogens with two attached hydrogens (primary N) is 2. The minimum Gasteiger partial charge on any atom is -0.369 e. The van der Waals surface area contributed by atoms with Gasteiger partial charge in [-0.15, -0.1) is 0 Å². The van der Waals surface area contributed by atoms with E-state index >= 15 is 0 Å². The van der Waals surface area contributed by atoms with Gasteiger partial charge >= 0.3 is 0 Å². The fourth-order valence-electron chi connectivity index (χ4n) is 2.66. The molecule has 2 atom stereocenters. The molecule has 1 heterocycles. The lowest BCUT2D eigenvalue weighted by Crippen LogP contribution is -2.44. The number of nitrogens with zero attached hydrogens (tertiary/aromatic N) is 1. The first kappa shape index (κ1) is 14.5. The molecule has 6 nitrogen and oxygen atoms in total. The van der Waals surface area contributed by atoms with E-state index in [4.69, 9.17) is 11.6 Å². The Hall–Kier alpha value is -1.92. The number of hydrogen-bond acceptors (Lipinski definition) is 4. The van der Waals surface area contributed by atoms with Crippen LogP contribution >= 0.6 is 0 Å². The molecule has 1 aliphatic rings. The molecule has 6 heteroatoms. The van der Waals surface area contributed by atoms with Crippen LogP contribution in [0.1, 0.15) is 24.9 Å². The van der Waals surface area contributed by atoms with E-state index in [0.29, 0.717) is 19.5 Å². The largest absolute Gasteiger partial charge is 0.369 e. The summed E-state index contributed by atoms with van der Waals surface area (Å²) in [6.07, 6.45) is 0.642. The van der Waals surface area contributed by atoms with Gasteiger partial charge < -0.3 is 5.73 Å². The van der Waals surface area contributed by atoms with E-state index in [9.17, 15) is 9.59 Å². The Morgan fingerprint density at radius 3 is 2.50 bits per heavy atom. The molecule has 1 saturated heterocycles. The Balaban J connectivity index is 2.26. The fraction of sp³-hybridized carbons (Fsp3) is 0.429. The Kier molecular flexibility index (Phi) is 4.06. The van der Waals surface area contributed by atoms with E-state index in [2.05, 4.69) is 5.43 Å². The molecule has 0 bridgehead atoms. The predicted molar refractivity (Wildman–Crippen MR) is 75.0 cm³/mol. The van der Waals surface area contributed by atoms with Crippen molar-refractivity contribution in [3.8, 4) is 0 Å². The number of rotatable bonds is 4. The number of hydrogen-bond donors (Lipinski definition) is 3. The topological polar surface area (TPSA) is 101 Å². The van der Waals surface area contributed by atoms with Gasteiger partial charge in [0.25, 0.3) is 5.91 Å². The molecule has 1 fully saturated rings.